The standard InChI is InChI=1S/C21H17ClN2O5/c1-3-4-26-20-14(22)5-11(6-18(20)25-2)19-12-7-16-17(28-10-27-16)8-15(12)29-21(24)13(19)9-23/h3,5-8,19H,1,4,10,24H2,2H3/t19-/m0/s1. The molecule has 148 valence electrons. The summed E-state index contributed by atoms with van der Waals surface area (Å²) < 4.78 is 27.7. The van der Waals surface area contributed by atoms with Crippen LogP contribution < -0.4 is 29.4 Å². The van der Waals surface area contributed by atoms with Crippen LogP contribution in [0.1, 0.15) is 17.0 Å². The predicted molar refractivity (Wildman–Crippen MR) is 106 cm³/mol. The third-order valence-electron chi connectivity index (χ3n) is 4.64. The van der Waals surface area contributed by atoms with Crippen molar-refractivity contribution in [3.63, 3.8) is 0 Å². The Kier molecular flexibility index (Phi) is 4.87. The number of hydrogen-bond acceptors (Lipinski definition) is 7. The second kappa shape index (κ2) is 7.49. The summed E-state index contributed by atoms with van der Waals surface area (Å²) in [5.41, 5.74) is 7.70. The molecular weight excluding hydrogens is 396 g/mol. The lowest BCUT2D eigenvalue weighted by Gasteiger charge is -2.27. The summed E-state index contributed by atoms with van der Waals surface area (Å²) in [7, 11) is 1.52. The topological polar surface area (TPSA) is 96.0 Å². The van der Waals surface area contributed by atoms with E-state index in [1.807, 2.05) is 0 Å². The van der Waals surface area contributed by atoms with E-state index in [0.717, 1.165) is 0 Å². The monoisotopic (exact) mass is 412 g/mol. The SMILES string of the molecule is C=CCOc1c(Cl)cc([C@@H]2C(C#N)=C(N)Oc3cc4c(cc32)OCO4)cc1OC. The molecule has 0 aromatic heterocycles. The quantitative estimate of drug-likeness (QED) is 0.745. The molecule has 1 atom stereocenters. The van der Waals surface area contributed by atoms with Gasteiger partial charge in [0.05, 0.1) is 18.1 Å². The second-order valence-corrected chi connectivity index (χ2v) is 6.71. The molecule has 0 aliphatic carbocycles. The van der Waals surface area contributed by atoms with E-state index in [-0.39, 0.29) is 24.9 Å². The van der Waals surface area contributed by atoms with Crippen LogP contribution in [0.3, 0.4) is 0 Å². The van der Waals surface area contributed by atoms with Crippen LogP contribution in [0.4, 0.5) is 0 Å². The zero-order valence-electron chi connectivity index (χ0n) is 15.5. The van der Waals surface area contributed by atoms with Crippen LogP contribution in [0.2, 0.25) is 5.02 Å². The first-order chi connectivity index (χ1) is 14.1. The summed E-state index contributed by atoms with van der Waals surface area (Å²) in [6.07, 6.45) is 1.61. The van der Waals surface area contributed by atoms with Gasteiger partial charge >= 0.3 is 0 Å². The number of rotatable bonds is 5. The van der Waals surface area contributed by atoms with E-state index in [0.29, 0.717) is 44.9 Å². The van der Waals surface area contributed by atoms with Crippen LogP contribution >= 0.6 is 11.6 Å². The van der Waals surface area contributed by atoms with Crippen LogP contribution in [0.25, 0.3) is 0 Å². The predicted octanol–water partition coefficient (Wildman–Crippen LogP) is 3.86. The van der Waals surface area contributed by atoms with E-state index in [1.165, 1.54) is 7.11 Å². The van der Waals surface area contributed by atoms with Gasteiger partial charge in [-0.25, -0.2) is 0 Å². The Morgan fingerprint density at radius 3 is 2.72 bits per heavy atom. The molecule has 4 rings (SSSR count). The average Bonchev–Trinajstić information content (AvgIpc) is 3.17. The van der Waals surface area contributed by atoms with Gasteiger partial charge in [0.15, 0.2) is 23.0 Å². The van der Waals surface area contributed by atoms with Gasteiger partial charge in [-0.2, -0.15) is 5.26 Å². The smallest absolute Gasteiger partial charge is 0.231 e. The van der Waals surface area contributed by atoms with Gasteiger partial charge in [0.25, 0.3) is 0 Å². The van der Waals surface area contributed by atoms with Gasteiger partial charge in [0.2, 0.25) is 12.7 Å². The molecule has 0 unspecified atom stereocenters. The number of benzene rings is 2. The second-order valence-electron chi connectivity index (χ2n) is 6.30. The van der Waals surface area contributed by atoms with Crippen LogP contribution in [-0.4, -0.2) is 20.5 Å². The van der Waals surface area contributed by atoms with Crippen LogP contribution in [-0.2, 0) is 0 Å². The lowest BCUT2D eigenvalue weighted by atomic mass is 9.83. The highest BCUT2D eigenvalue weighted by Crippen LogP contribution is 2.49. The molecular formula is C21H17ClN2O5. The molecule has 2 N–H and O–H groups in total. The van der Waals surface area contributed by atoms with Gasteiger partial charge in [0, 0.05) is 11.6 Å². The molecule has 0 saturated carbocycles. The van der Waals surface area contributed by atoms with E-state index in [1.54, 1.807) is 30.3 Å². The Labute approximate surface area is 172 Å². The van der Waals surface area contributed by atoms with Crippen molar-refractivity contribution >= 4 is 11.6 Å². The number of halogens is 1. The van der Waals surface area contributed by atoms with Crippen molar-refractivity contribution in [1.29, 1.82) is 5.26 Å². The summed E-state index contributed by atoms with van der Waals surface area (Å²) >= 11 is 6.47. The first-order valence-corrected chi connectivity index (χ1v) is 9.07. The lowest BCUT2D eigenvalue weighted by Crippen LogP contribution is -2.21. The zero-order valence-corrected chi connectivity index (χ0v) is 16.3. The molecule has 0 spiro atoms. The molecule has 0 bridgehead atoms. The number of nitrogens with two attached hydrogens (primary N) is 1. The number of hydrogen-bond donors (Lipinski definition) is 1. The third-order valence-corrected chi connectivity index (χ3v) is 4.92. The normalized spacial score (nSPS) is 16.5. The number of ether oxygens (including phenoxy) is 5. The molecule has 0 radical (unpaired) electrons. The fourth-order valence-electron chi connectivity index (χ4n) is 3.38. The van der Waals surface area contributed by atoms with Gasteiger partial charge in [-0.1, -0.05) is 24.3 Å². The summed E-state index contributed by atoms with van der Waals surface area (Å²) in [5.74, 6) is 1.92. The minimum atomic E-state index is -0.530. The van der Waals surface area contributed by atoms with Crippen LogP contribution in [0.5, 0.6) is 28.7 Å². The van der Waals surface area contributed by atoms with Gasteiger partial charge < -0.3 is 29.4 Å². The largest absolute Gasteiger partial charge is 0.493 e. The van der Waals surface area contributed by atoms with E-state index < -0.39 is 5.92 Å². The first kappa shape index (κ1) is 18.8. The molecule has 2 aliphatic rings. The number of nitrogens with zero attached hydrogens (tertiary/aromatic N) is 1. The first-order valence-electron chi connectivity index (χ1n) is 8.69. The summed E-state index contributed by atoms with van der Waals surface area (Å²) in [4.78, 5) is 0. The van der Waals surface area contributed by atoms with Crippen molar-refractivity contribution in [3.8, 4) is 34.8 Å². The van der Waals surface area contributed by atoms with Crippen LogP contribution in [0.15, 0.2) is 48.4 Å². The number of nitriles is 1. The fourth-order valence-corrected chi connectivity index (χ4v) is 3.65. The Bertz CT molecular complexity index is 1070. The molecule has 0 saturated heterocycles. The lowest BCUT2D eigenvalue weighted by molar-refractivity contribution is 0.174. The van der Waals surface area contributed by atoms with E-state index in [2.05, 4.69) is 12.6 Å². The highest BCUT2D eigenvalue weighted by atomic mass is 35.5. The highest BCUT2D eigenvalue weighted by molar-refractivity contribution is 6.32. The van der Waals surface area contributed by atoms with Crippen LogP contribution in [0, 0.1) is 11.3 Å². The number of fused-ring (bicyclic) bond motifs is 2. The molecule has 0 amide bonds. The number of allylic oxidation sites excluding steroid dienone is 1. The Balaban J connectivity index is 1.88. The minimum absolute atomic E-state index is 0.0194. The van der Waals surface area contributed by atoms with Crippen molar-refractivity contribution in [3.05, 3.63) is 64.5 Å². The Morgan fingerprint density at radius 2 is 2.03 bits per heavy atom. The van der Waals surface area contributed by atoms with E-state index in [9.17, 15) is 5.26 Å². The molecule has 2 heterocycles. The van der Waals surface area contributed by atoms with Crippen molar-refractivity contribution in [1.82, 2.24) is 0 Å². The summed E-state index contributed by atoms with van der Waals surface area (Å²) in [6, 6.07) is 9.12. The van der Waals surface area contributed by atoms with Crippen molar-refractivity contribution < 1.29 is 23.7 Å². The Morgan fingerprint density at radius 1 is 1.28 bits per heavy atom. The molecule has 7 nitrogen and oxygen atoms in total. The third kappa shape index (κ3) is 3.18. The maximum Gasteiger partial charge on any atom is 0.231 e. The maximum absolute atomic E-state index is 9.75. The maximum atomic E-state index is 9.75. The van der Waals surface area contributed by atoms with Gasteiger partial charge in [-0.15, -0.1) is 0 Å². The van der Waals surface area contributed by atoms with Crippen molar-refractivity contribution in [2.45, 2.75) is 5.92 Å². The minimum Gasteiger partial charge on any atom is -0.493 e. The van der Waals surface area contributed by atoms with Gasteiger partial charge in [-0.05, 0) is 23.8 Å². The molecule has 2 aromatic rings. The molecule has 2 aromatic carbocycles. The average molecular weight is 413 g/mol. The molecule has 8 heteroatoms. The Hall–Kier alpha value is -3.50. The van der Waals surface area contributed by atoms with Gasteiger partial charge in [-0.3, -0.25) is 0 Å². The number of methoxy groups -OCH3 is 1. The molecule has 2 aliphatic heterocycles. The summed E-state index contributed by atoms with van der Waals surface area (Å²) in [6.45, 7) is 4.02. The van der Waals surface area contributed by atoms with Crippen molar-refractivity contribution in [2.24, 2.45) is 5.73 Å². The van der Waals surface area contributed by atoms with Gasteiger partial charge in [0.1, 0.15) is 24.0 Å². The highest BCUT2D eigenvalue weighted by Gasteiger charge is 2.34. The zero-order chi connectivity index (χ0) is 20.5. The summed E-state index contributed by atoms with van der Waals surface area (Å²) in [5, 5.41) is 10.1. The van der Waals surface area contributed by atoms with Crippen molar-refractivity contribution in [2.75, 3.05) is 20.5 Å². The molecule has 29 heavy (non-hydrogen) atoms. The van der Waals surface area contributed by atoms with E-state index >= 15 is 0 Å². The molecule has 0 fully saturated rings. The fraction of sp³-hybridized carbons (Fsp3) is 0.190. The van der Waals surface area contributed by atoms with E-state index in [4.69, 9.17) is 41.0 Å².